The molecule has 0 radical (unpaired) electrons. The van der Waals surface area contributed by atoms with Crippen LogP contribution in [-0.2, 0) is 4.79 Å². The Kier molecular flexibility index (Phi) is 4.44. The molecule has 8 heteroatoms. The highest BCUT2D eigenvalue weighted by molar-refractivity contribution is 8.27. The first kappa shape index (κ1) is 16.7. The minimum Gasteiger partial charge on any atom is -0.282 e. The summed E-state index contributed by atoms with van der Waals surface area (Å²) in [5.74, 6) is -0.398. The van der Waals surface area contributed by atoms with Crippen LogP contribution in [0.25, 0.3) is 6.08 Å². The van der Waals surface area contributed by atoms with E-state index >= 15 is 0 Å². The predicted molar refractivity (Wildman–Crippen MR) is 107 cm³/mol. The largest absolute Gasteiger partial charge is 0.283 e. The molecule has 2 aliphatic rings. The number of nitrogens with one attached hydrogen (secondary N) is 1. The fraction of sp³-hybridized carbons (Fsp3) is 0.0556. The fourth-order valence-electron chi connectivity index (χ4n) is 2.46. The van der Waals surface area contributed by atoms with Crippen LogP contribution in [0.15, 0.2) is 69.4 Å². The van der Waals surface area contributed by atoms with E-state index in [9.17, 15) is 4.79 Å². The lowest BCUT2D eigenvalue weighted by molar-refractivity contribution is -0.114. The lowest BCUT2D eigenvalue weighted by Gasteiger charge is -2.20. The number of aromatic nitrogens is 1. The summed E-state index contributed by atoms with van der Waals surface area (Å²) in [7, 11) is 0. The van der Waals surface area contributed by atoms with Gasteiger partial charge in [0.25, 0.3) is 5.91 Å². The van der Waals surface area contributed by atoms with Crippen molar-refractivity contribution in [3.05, 3.63) is 65.5 Å². The SMILES string of the molecule is CSc1ccc(/C=C2\C(=N)N3N=C(c4cccnc4)SC3=NC2=O)cc1. The van der Waals surface area contributed by atoms with Crippen molar-refractivity contribution in [3.63, 3.8) is 0 Å². The molecule has 2 aliphatic heterocycles. The third-order valence-corrected chi connectivity index (χ3v) is 5.49. The quantitative estimate of drug-likeness (QED) is 0.652. The van der Waals surface area contributed by atoms with Crippen molar-refractivity contribution in [3.8, 4) is 0 Å². The number of hydrogen-bond donors (Lipinski definition) is 1. The lowest BCUT2D eigenvalue weighted by atomic mass is 10.1. The standard InChI is InChI=1S/C18H13N5OS2/c1-25-13-6-4-11(5-7-13)9-14-15(19)23-18(21-16(14)24)26-17(22-23)12-3-2-8-20-10-12/h2-10,19H,1H3/b14-9+,19-15?. The van der Waals surface area contributed by atoms with E-state index in [2.05, 4.69) is 15.1 Å². The lowest BCUT2D eigenvalue weighted by Crippen LogP contribution is -2.35. The molecule has 128 valence electrons. The summed E-state index contributed by atoms with van der Waals surface area (Å²) in [4.78, 5) is 21.7. The zero-order valence-corrected chi connectivity index (χ0v) is 15.3. The number of carbonyl (C=O) groups excluding carboxylic acids is 1. The van der Waals surface area contributed by atoms with Crippen LogP contribution in [0.5, 0.6) is 0 Å². The van der Waals surface area contributed by atoms with Crippen LogP contribution in [0, 0.1) is 5.41 Å². The van der Waals surface area contributed by atoms with E-state index in [4.69, 9.17) is 5.41 Å². The predicted octanol–water partition coefficient (Wildman–Crippen LogP) is 3.47. The summed E-state index contributed by atoms with van der Waals surface area (Å²) in [5, 5.41) is 15.3. The topological polar surface area (TPSA) is 81.8 Å². The summed E-state index contributed by atoms with van der Waals surface area (Å²) in [6.07, 6.45) is 7.06. The van der Waals surface area contributed by atoms with Crippen LogP contribution in [0.3, 0.4) is 0 Å². The Labute approximate surface area is 158 Å². The monoisotopic (exact) mass is 379 g/mol. The smallest absolute Gasteiger partial charge is 0.282 e. The molecule has 1 N–H and O–H groups in total. The molecule has 0 saturated heterocycles. The molecule has 0 spiro atoms. The van der Waals surface area contributed by atoms with E-state index in [1.807, 2.05) is 42.7 Å². The highest BCUT2D eigenvalue weighted by atomic mass is 32.2. The van der Waals surface area contributed by atoms with Crippen LogP contribution in [0.1, 0.15) is 11.1 Å². The zero-order chi connectivity index (χ0) is 18.1. The van der Waals surface area contributed by atoms with E-state index in [1.54, 1.807) is 30.2 Å². The molecule has 0 bridgehead atoms. The van der Waals surface area contributed by atoms with Gasteiger partial charge < -0.3 is 0 Å². The summed E-state index contributed by atoms with van der Waals surface area (Å²) in [6.45, 7) is 0. The number of benzene rings is 1. The highest BCUT2D eigenvalue weighted by Gasteiger charge is 2.36. The van der Waals surface area contributed by atoms with Gasteiger partial charge in [-0.2, -0.15) is 15.1 Å². The molecule has 1 aromatic heterocycles. The van der Waals surface area contributed by atoms with E-state index in [0.717, 1.165) is 16.0 Å². The highest BCUT2D eigenvalue weighted by Crippen LogP contribution is 2.30. The Morgan fingerprint density at radius 3 is 2.73 bits per heavy atom. The number of fused-ring (bicyclic) bond motifs is 1. The van der Waals surface area contributed by atoms with Gasteiger partial charge in [0.1, 0.15) is 5.04 Å². The third kappa shape index (κ3) is 3.09. The zero-order valence-electron chi connectivity index (χ0n) is 13.7. The summed E-state index contributed by atoms with van der Waals surface area (Å²) < 4.78 is 0. The van der Waals surface area contributed by atoms with Crippen molar-refractivity contribution in [2.75, 3.05) is 6.26 Å². The van der Waals surface area contributed by atoms with Gasteiger partial charge in [-0.15, -0.1) is 11.8 Å². The van der Waals surface area contributed by atoms with E-state index in [-0.39, 0.29) is 11.4 Å². The van der Waals surface area contributed by atoms with Crippen molar-refractivity contribution >= 4 is 51.6 Å². The number of nitrogens with zero attached hydrogens (tertiary/aromatic N) is 4. The Balaban J connectivity index is 1.66. The number of rotatable bonds is 3. The van der Waals surface area contributed by atoms with Gasteiger partial charge in [-0.3, -0.25) is 15.2 Å². The molecule has 0 fully saturated rings. The molecular formula is C18H13N5OS2. The van der Waals surface area contributed by atoms with Crippen molar-refractivity contribution in [2.24, 2.45) is 10.1 Å². The van der Waals surface area contributed by atoms with Crippen LogP contribution < -0.4 is 0 Å². The number of amidine groups is 2. The normalized spacial score (nSPS) is 18.0. The first-order valence-electron chi connectivity index (χ1n) is 7.70. The summed E-state index contributed by atoms with van der Waals surface area (Å²) in [6, 6.07) is 11.5. The molecule has 3 heterocycles. The molecule has 4 rings (SSSR count). The number of amides is 1. The Hall–Kier alpha value is -2.71. The molecule has 0 unspecified atom stereocenters. The van der Waals surface area contributed by atoms with Gasteiger partial charge in [0.15, 0.2) is 5.84 Å². The second kappa shape index (κ2) is 6.89. The third-order valence-electron chi connectivity index (χ3n) is 3.79. The van der Waals surface area contributed by atoms with Crippen molar-refractivity contribution < 1.29 is 4.79 Å². The number of pyridine rings is 1. The van der Waals surface area contributed by atoms with Gasteiger partial charge in [-0.25, -0.2) is 0 Å². The maximum Gasteiger partial charge on any atom is 0.283 e. The second-order valence-electron chi connectivity index (χ2n) is 5.44. The molecule has 0 atom stereocenters. The number of carbonyl (C=O) groups is 1. The maximum absolute atomic E-state index is 12.4. The van der Waals surface area contributed by atoms with Gasteiger partial charge in [0.05, 0.1) is 5.57 Å². The minimum atomic E-state index is -0.426. The van der Waals surface area contributed by atoms with Gasteiger partial charge in [0, 0.05) is 22.9 Å². The van der Waals surface area contributed by atoms with Crippen LogP contribution >= 0.6 is 23.5 Å². The first-order chi connectivity index (χ1) is 12.7. The molecule has 1 aromatic carbocycles. The molecule has 0 saturated carbocycles. The van der Waals surface area contributed by atoms with Gasteiger partial charge in [-0.05, 0) is 53.9 Å². The number of hydrogen-bond acceptors (Lipinski definition) is 6. The first-order valence-corrected chi connectivity index (χ1v) is 9.74. The van der Waals surface area contributed by atoms with Crippen LogP contribution in [-0.4, -0.2) is 38.2 Å². The molecule has 26 heavy (non-hydrogen) atoms. The number of thioether (sulfide) groups is 2. The van der Waals surface area contributed by atoms with Gasteiger partial charge in [0.2, 0.25) is 5.17 Å². The molecule has 6 nitrogen and oxygen atoms in total. The fourth-order valence-corrected chi connectivity index (χ4v) is 3.75. The Bertz CT molecular complexity index is 980. The molecule has 1 amide bonds. The average molecular weight is 379 g/mol. The van der Waals surface area contributed by atoms with E-state index in [0.29, 0.717) is 10.2 Å². The van der Waals surface area contributed by atoms with Crippen molar-refractivity contribution in [1.82, 2.24) is 9.99 Å². The average Bonchev–Trinajstić information content (AvgIpc) is 3.10. The number of hydrazone groups is 1. The van der Waals surface area contributed by atoms with Crippen LogP contribution in [0.4, 0.5) is 0 Å². The number of aliphatic imine (C=N–C) groups is 1. The molecule has 2 aromatic rings. The Morgan fingerprint density at radius 2 is 2.04 bits per heavy atom. The van der Waals surface area contributed by atoms with Crippen LogP contribution in [0.2, 0.25) is 0 Å². The second-order valence-corrected chi connectivity index (χ2v) is 7.28. The summed E-state index contributed by atoms with van der Waals surface area (Å²) in [5.41, 5.74) is 1.90. The van der Waals surface area contributed by atoms with E-state index < -0.39 is 5.91 Å². The Morgan fingerprint density at radius 1 is 1.23 bits per heavy atom. The van der Waals surface area contributed by atoms with Crippen molar-refractivity contribution in [2.45, 2.75) is 4.90 Å². The van der Waals surface area contributed by atoms with Gasteiger partial charge >= 0.3 is 0 Å². The molecule has 0 aliphatic carbocycles. The van der Waals surface area contributed by atoms with Gasteiger partial charge in [-0.1, -0.05) is 12.1 Å². The minimum absolute atomic E-state index is 0.0281. The van der Waals surface area contributed by atoms with E-state index in [1.165, 1.54) is 16.8 Å². The maximum atomic E-state index is 12.4. The van der Waals surface area contributed by atoms with Crippen molar-refractivity contribution in [1.29, 1.82) is 5.41 Å². The molecular weight excluding hydrogens is 366 g/mol. The summed E-state index contributed by atoms with van der Waals surface area (Å²) >= 11 is 2.91.